The van der Waals surface area contributed by atoms with E-state index in [0.29, 0.717) is 5.56 Å². The van der Waals surface area contributed by atoms with Gasteiger partial charge in [0, 0.05) is 48.6 Å². The molecule has 4 aromatic rings. The van der Waals surface area contributed by atoms with Crippen molar-refractivity contribution in [2.24, 2.45) is 0 Å². The van der Waals surface area contributed by atoms with Crippen molar-refractivity contribution >= 4 is 41.3 Å². The van der Waals surface area contributed by atoms with Gasteiger partial charge in [0.25, 0.3) is 5.92 Å². The summed E-state index contributed by atoms with van der Waals surface area (Å²) in [5.74, 6) is -6.53. The van der Waals surface area contributed by atoms with Crippen molar-refractivity contribution in [1.29, 1.82) is 0 Å². The maximum atomic E-state index is 15.3. The molecule has 2 N–H and O–H groups in total. The van der Waals surface area contributed by atoms with Gasteiger partial charge < -0.3 is 25.0 Å². The van der Waals surface area contributed by atoms with Crippen molar-refractivity contribution < 1.29 is 41.8 Å². The first-order chi connectivity index (χ1) is 25.9. The van der Waals surface area contributed by atoms with Gasteiger partial charge in [0.05, 0.1) is 19.6 Å². The van der Waals surface area contributed by atoms with E-state index < -0.39 is 66.6 Å². The zero-order chi connectivity index (χ0) is 38.1. The number of hydrogen-bond acceptors (Lipinski definition) is 6. The molecule has 2 aliphatic carbocycles. The van der Waals surface area contributed by atoms with Crippen molar-refractivity contribution in [2.75, 3.05) is 38.7 Å². The number of nitrogens with one attached hydrogen (secondary N) is 2. The molecule has 10 nitrogen and oxygen atoms in total. The highest BCUT2D eigenvalue weighted by molar-refractivity contribution is 6.31. The molecule has 1 heterocycles. The van der Waals surface area contributed by atoms with Gasteiger partial charge in [-0.05, 0) is 57.6 Å². The number of anilines is 1. The highest BCUT2D eigenvalue weighted by Crippen LogP contribution is 2.45. The van der Waals surface area contributed by atoms with Gasteiger partial charge in [0.15, 0.2) is 0 Å². The molecule has 1 aliphatic heterocycles. The molecule has 3 aliphatic rings. The Morgan fingerprint density at radius 2 is 1.54 bits per heavy atom. The Hall–Kier alpha value is -5.56. The normalized spacial score (nSPS) is 18.1. The van der Waals surface area contributed by atoms with Crippen LogP contribution in [0, 0.1) is 5.82 Å². The maximum absolute atomic E-state index is 15.3. The summed E-state index contributed by atoms with van der Waals surface area (Å²) < 4.78 is 53.1. The number of carbonyl (C=O) groups excluding carboxylic acids is 4. The zero-order valence-corrected chi connectivity index (χ0v) is 29.8. The van der Waals surface area contributed by atoms with Crippen LogP contribution in [0.5, 0.6) is 0 Å². The Kier molecular flexibility index (Phi) is 10.3. The van der Waals surface area contributed by atoms with Crippen LogP contribution in [0.4, 0.5) is 28.4 Å². The summed E-state index contributed by atoms with van der Waals surface area (Å²) in [5.41, 5.74) is 4.54. The van der Waals surface area contributed by atoms with Crippen LogP contribution in [0.3, 0.4) is 0 Å². The van der Waals surface area contributed by atoms with E-state index in [4.69, 9.17) is 21.1 Å². The Bertz CT molecular complexity index is 2060. The van der Waals surface area contributed by atoms with E-state index >= 15 is 4.39 Å². The van der Waals surface area contributed by atoms with Gasteiger partial charge in [-0.15, -0.1) is 0 Å². The fraction of sp³-hybridized carbons (Fsp3) is 0.300. The first kappa shape index (κ1) is 36.8. The number of alkyl halides is 2. The van der Waals surface area contributed by atoms with Crippen LogP contribution in [0.25, 0.3) is 11.1 Å². The molecule has 14 heteroatoms. The monoisotopic (exact) mass is 760 g/mol. The number of rotatable bonds is 8. The van der Waals surface area contributed by atoms with E-state index in [0.717, 1.165) is 39.3 Å². The highest BCUT2D eigenvalue weighted by atomic mass is 35.5. The summed E-state index contributed by atoms with van der Waals surface area (Å²) in [6.07, 6.45) is -2.53. The third-order valence-electron chi connectivity index (χ3n) is 10.1. The number of hydrogen-bond donors (Lipinski definition) is 2. The summed E-state index contributed by atoms with van der Waals surface area (Å²) in [6.45, 7) is -0.202. The van der Waals surface area contributed by atoms with Crippen LogP contribution in [-0.4, -0.2) is 85.2 Å². The molecule has 1 unspecified atom stereocenters. The van der Waals surface area contributed by atoms with Gasteiger partial charge in [0.1, 0.15) is 18.5 Å². The van der Waals surface area contributed by atoms with E-state index in [1.165, 1.54) is 18.1 Å². The van der Waals surface area contributed by atoms with Gasteiger partial charge in [-0.3, -0.25) is 14.5 Å². The van der Waals surface area contributed by atoms with Crippen molar-refractivity contribution in [3.8, 4) is 11.1 Å². The molecule has 0 spiro atoms. The van der Waals surface area contributed by atoms with Crippen LogP contribution in [0.1, 0.15) is 46.9 Å². The molecule has 4 amide bonds. The summed E-state index contributed by atoms with van der Waals surface area (Å²) in [5, 5.41) is 5.42. The van der Waals surface area contributed by atoms with Crippen LogP contribution >= 0.6 is 11.6 Å². The molecule has 1 saturated carbocycles. The Morgan fingerprint density at radius 1 is 0.889 bits per heavy atom. The van der Waals surface area contributed by atoms with E-state index in [9.17, 15) is 28.0 Å². The quantitative estimate of drug-likeness (QED) is 0.197. The van der Waals surface area contributed by atoms with Crippen molar-refractivity contribution in [3.05, 3.63) is 124 Å². The molecule has 54 heavy (non-hydrogen) atoms. The summed E-state index contributed by atoms with van der Waals surface area (Å²) in [7, 11) is 1.17. The highest BCUT2D eigenvalue weighted by Gasteiger charge is 2.47. The first-order valence-electron chi connectivity index (χ1n) is 17.4. The second-order valence-electron chi connectivity index (χ2n) is 13.6. The molecule has 2 atom stereocenters. The molecule has 280 valence electrons. The number of ether oxygens (including phenoxy) is 2. The molecule has 2 fully saturated rings. The third-order valence-corrected chi connectivity index (χ3v) is 10.5. The number of halogens is 4. The van der Waals surface area contributed by atoms with Crippen molar-refractivity contribution in [1.82, 2.24) is 15.1 Å². The largest absolute Gasteiger partial charge is 0.453 e. The lowest BCUT2D eigenvalue weighted by molar-refractivity contribution is -0.129. The van der Waals surface area contributed by atoms with E-state index in [1.807, 2.05) is 48.5 Å². The van der Waals surface area contributed by atoms with Crippen LogP contribution in [0.15, 0.2) is 91.0 Å². The number of nitrogens with zero attached hydrogens (tertiary/aromatic N) is 2. The minimum absolute atomic E-state index is 0.0519. The summed E-state index contributed by atoms with van der Waals surface area (Å²) in [4.78, 5) is 56.2. The van der Waals surface area contributed by atoms with E-state index in [2.05, 4.69) is 10.6 Å². The molecule has 7 rings (SSSR count). The minimum Gasteiger partial charge on any atom is -0.453 e. The number of fused-ring (bicyclic) bond motifs is 3. The topological polar surface area (TPSA) is 117 Å². The smallest absolute Gasteiger partial charge is 0.410 e. The van der Waals surface area contributed by atoms with Gasteiger partial charge in [-0.25, -0.2) is 22.8 Å². The molecular formula is C40H36ClF3N4O6. The second-order valence-corrected chi connectivity index (χ2v) is 14.0. The molecule has 4 aromatic carbocycles. The second kappa shape index (κ2) is 15.1. The first-order valence-corrected chi connectivity index (χ1v) is 17.8. The Balaban J connectivity index is 1.09. The average molecular weight is 761 g/mol. The van der Waals surface area contributed by atoms with Gasteiger partial charge >= 0.3 is 12.2 Å². The van der Waals surface area contributed by atoms with Crippen LogP contribution in [-0.2, 0) is 19.1 Å². The number of carbonyl (C=O) groups is 4. The molecule has 0 aromatic heterocycles. The fourth-order valence-corrected chi connectivity index (χ4v) is 7.74. The minimum atomic E-state index is -2.88. The van der Waals surface area contributed by atoms with E-state index in [1.54, 1.807) is 24.3 Å². The van der Waals surface area contributed by atoms with Gasteiger partial charge in [-0.1, -0.05) is 78.3 Å². The number of amides is 4. The number of methoxy groups -OCH3 is 1. The lowest BCUT2D eigenvalue weighted by Crippen LogP contribution is -2.60. The van der Waals surface area contributed by atoms with E-state index in [-0.39, 0.29) is 48.4 Å². The Morgan fingerprint density at radius 3 is 2.19 bits per heavy atom. The fourth-order valence-electron chi connectivity index (χ4n) is 7.50. The SMILES string of the molecule is COC(=O)N1CCN(C(=O)OCC2c3ccccc3-c3ccccc32)C[C@H]1C(=O)Nc1cc(F)cc(C(C(=O)NC2CC(F)(F)C2)c2ccccc2Cl)c1. The predicted octanol–water partition coefficient (Wildman–Crippen LogP) is 7.17. The van der Waals surface area contributed by atoms with Gasteiger partial charge in [0.2, 0.25) is 11.8 Å². The third kappa shape index (κ3) is 7.45. The summed E-state index contributed by atoms with van der Waals surface area (Å²) in [6, 6.07) is 23.7. The molecular weight excluding hydrogens is 725 g/mol. The lowest BCUT2D eigenvalue weighted by atomic mass is 9.85. The average Bonchev–Trinajstić information content (AvgIpc) is 3.46. The number of piperazine rings is 1. The molecule has 0 bridgehead atoms. The maximum Gasteiger partial charge on any atom is 0.410 e. The standard InChI is InChI=1S/C40H36ClF3N4O6/c1-53-39(52)48-15-14-47(38(51)54-22-32-29-10-4-2-8-27(29)28-9-3-5-11-30(28)32)21-34(48)36(49)45-25-17-23(16-24(42)18-25)35(31-12-6-7-13-33(31)41)37(50)46-26-19-40(43,44)20-26/h2-13,16-18,26,32,34-35H,14-15,19-22H2,1H3,(H,45,49)(H,46,50)/t34-,35?/m0/s1. The van der Waals surface area contributed by atoms with Crippen molar-refractivity contribution in [3.63, 3.8) is 0 Å². The molecule has 1 saturated heterocycles. The number of benzene rings is 4. The Labute approximate surface area is 314 Å². The predicted molar refractivity (Wildman–Crippen MR) is 194 cm³/mol. The zero-order valence-electron chi connectivity index (χ0n) is 29.1. The van der Waals surface area contributed by atoms with Gasteiger partial charge in [-0.2, -0.15) is 0 Å². The van der Waals surface area contributed by atoms with Crippen LogP contribution in [0.2, 0.25) is 5.02 Å². The summed E-state index contributed by atoms with van der Waals surface area (Å²) >= 11 is 6.46. The molecule has 0 radical (unpaired) electrons. The van der Waals surface area contributed by atoms with Crippen LogP contribution < -0.4 is 10.6 Å². The lowest BCUT2D eigenvalue weighted by Gasteiger charge is -2.39. The van der Waals surface area contributed by atoms with Crippen molar-refractivity contribution in [2.45, 2.75) is 42.7 Å².